The Kier molecular flexibility index (Phi) is 12.1. The minimum atomic E-state index is -2.38. The monoisotopic (exact) mass is 458 g/mol. The lowest BCUT2D eigenvalue weighted by Gasteiger charge is -2.07. The molecule has 0 aliphatic heterocycles. The van der Waals surface area contributed by atoms with E-state index in [4.69, 9.17) is 38.0 Å². The Morgan fingerprint density at radius 2 is 1.22 bits per heavy atom. The SMILES string of the molecule is Cl[Si](Cl)(Cl)CCCCCCCCCCCOc1ccc(Br)cc1. The summed E-state index contributed by atoms with van der Waals surface area (Å²) in [5.74, 6) is 0.950. The summed E-state index contributed by atoms with van der Waals surface area (Å²) in [7, 11) is 0. The first-order valence-electron chi connectivity index (χ1n) is 8.42. The van der Waals surface area contributed by atoms with Crippen LogP contribution in [0.25, 0.3) is 0 Å². The number of ether oxygens (including phenoxy) is 1. The summed E-state index contributed by atoms with van der Waals surface area (Å²) in [4.78, 5) is 0. The van der Waals surface area contributed by atoms with Crippen molar-refractivity contribution in [1.82, 2.24) is 0 Å². The Morgan fingerprint density at radius 3 is 1.74 bits per heavy atom. The van der Waals surface area contributed by atoms with Crippen LogP contribution in [0.5, 0.6) is 5.75 Å². The Balaban J connectivity index is 1.82. The number of hydrogen-bond donors (Lipinski definition) is 0. The van der Waals surface area contributed by atoms with E-state index in [1.54, 1.807) is 0 Å². The van der Waals surface area contributed by atoms with Gasteiger partial charge in [-0.25, -0.2) is 0 Å². The van der Waals surface area contributed by atoms with Crippen LogP contribution in [0.2, 0.25) is 6.04 Å². The maximum Gasteiger partial charge on any atom is 0.341 e. The molecule has 1 rings (SSSR count). The predicted octanol–water partition coefficient (Wildman–Crippen LogP) is 7.99. The van der Waals surface area contributed by atoms with E-state index in [0.717, 1.165) is 35.7 Å². The van der Waals surface area contributed by atoms with Crippen molar-refractivity contribution in [3.05, 3.63) is 28.7 Å². The molecule has 1 aromatic carbocycles. The number of hydrogen-bond acceptors (Lipinski definition) is 1. The molecule has 1 aromatic rings. The fourth-order valence-electron chi connectivity index (χ4n) is 2.39. The van der Waals surface area contributed by atoms with E-state index in [-0.39, 0.29) is 0 Å². The van der Waals surface area contributed by atoms with Crippen LogP contribution < -0.4 is 4.74 Å². The molecule has 0 unspecified atom stereocenters. The first-order valence-corrected chi connectivity index (χ1v) is 14.5. The van der Waals surface area contributed by atoms with Gasteiger partial charge in [0, 0.05) is 4.47 Å². The van der Waals surface area contributed by atoms with E-state index in [2.05, 4.69) is 15.9 Å². The molecule has 0 bridgehead atoms. The molecule has 0 saturated carbocycles. The third-order valence-electron chi connectivity index (χ3n) is 3.69. The Bertz CT molecular complexity index is 409. The summed E-state index contributed by atoms with van der Waals surface area (Å²) in [6.45, 7) is 0.808. The maximum atomic E-state index is 5.86. The molecule has 0 aliphatic carbocycles. The van der Waals surface area contributed by atoms with E-state index >= 15 is 0 Å². The van der Waals surface area contributed by atoms with Gasteiger partial charge in [0.05, 0.1) is 6.61 Å². The van der Waals surface area contributed by atoms with E-state index in [1.165, 1.54) is 44.9 Å². The van der Waals surface area contributed by atoms with E-state index in [0.29, 0.717) is 0 Å². The second kappa shape index (κ2) is 12.9. The van der Waals surface area contributed by atoms with Gasteiger partial charge in [0.15, 0.2) is 0 Å². The molecule has 0 spiro atoms. The van der Waals surface area contributed by atoms with Gasteiger partial charge in [-0.05, 0) is 36.7 Å². The first-order chi connectivity index (χ1) is 11.0. The van der Waals surface area contributed by atoms with Crippen LogP contribution in [0.1, 0.15) is 57.8 Å². The lowest BCUT2D eigenvalue weighted by Crippen LogP contribution is -2.07. The molecular formula is C17H26BrCl3OSi. The van der Waals surface area contributed by atoms with Crippen molar-refractivity contribution in [2.45, 2.75) is 63.8 Å². The lowest BCUT2D eigenvalue weighted by molar-refractivity contribution is 0.304. The third-order valence-corrected chi connectivity index (χ3v) is 6.84. The summed E-state index contributed by atoms with van der Waals surface area (Å²) in [5, 5.41) is 0. The topological polar surface area (TPSA) is 9.23 Å². The zero-order chi connectivity index (χ0) is 17.0. The number of benzene rings is 1. The molecule has 0 aliphatic rings. The van der Waals surface area contributed by atoms with Crippen molar-refractivity contribution >= 4 is 55.2 Å². The number of rotatable bonds is 13. The lowest BCUT2D eigenvalue weighted by atomic mass is 10.1. The summed E-state index contributed by atoms with van der Waals surface area (Å²) >= 11 is 21.0. The second-order valence-corrected chi connectivity index (χ2v) is 16.0. The molecule has 0 amide bonds. The molecule has 0 heterocycles. The second-order valence-electron chi connectivity index (χ2n) is 5.85. The van der Waals surface area contributed by atoms with Gasteiger partial charge < -0.3 is 4.74 Å². The highest BCUT2D eigenvalue weighted by Crippen LogP contribution is 2.27. The van der Waals surface area contributed by atoms with Gasteiger partial charge in [-0.1, -0.05) is 67.3 Å². The van der Waals surface area contributed by atoms with Crippen molar-refractivity contribution in [2.24, 2.45) is 0 Å². The molecule has 6 heteroatoms. The quantitative estimate of drug-likeness (QED) is 0.165. The molecule has 0 aromatic heterocycles. The van der Waals surface area contributed by atoms with Crippen molar-refractivity contribution in [3.8, 4) is 5.75 Å². The van der Waals surface area contributed by atoms with E-state index in [1.807, 2.05) is 24.3 Å². The number of halogens is 4. The summed E-state index contributed by atoms with van der Waals surface area (Å²) in [5.41, 5.74) is 0. The van der Waals surface area contributed by atoms with Crippen LogP contribution in [0.15, 0.2) is 28.7 Å². The average Bonchev–Trinajstić information content (AvgIpc) is 2.49. The fourth-order valence-corrected chi connectivity index (χ4v) is 4.50. The highest BCUT2D eigenvalue weighted by Gasteiger charge is 2.23. The van der Waals surface area contributed by atoms with Crippen molar-refractivity contribution < 1.29 is 4.74 Å². The molecular weight excluding hydrogens is 435 g/mol. The van der Waals surface area contributed by atoms with Gasteiger partial charge in [-0.3, -0.25) is 0 Å². The van der Waals surface area contributed by atoms with Crippen molar-refractivity contribution in [2.75, 3.05) is 6.61 Å². The standard InChI is InChI=1S/C17H26BrCl3OSi/c18-16-10-12-17(13-11-16)22-14-8-6-4-2-1-3-5-7-9-15-23(19,20)21/h10-13H,1-9,14-15H2. The van der Waals surface area contributed by atoms with Gasteiger partial charge in [0.25, 0.3) is 0 Å². The molecule has 23 heavy (non-hydrogen) atoms. The average molecular weight is 461 g/mol. The number of unbranched alkanes of at least 4 members (excludes halogenated alkanes) is 8. The van der Waals surface area contributed by atoms with E-state index < -0.39 is 6.00 Å². The molecule has 0 saturated heterocycles. The Labute approximate surface area is 164 Å². The van der Waals surface area contributed by atoms with Gasteiger partial charge in [-0.2, -0.15) is 0 Å². The van der Waals surface area contributed by atoms with Crippen LogP contribution in [-0.2, 0) is 0 Å². The molecule has 0 fully saturated rings. The van der Waals surface area contributed by atoms with Crippen LogP contribution >= 0.6 is 49.2 Å². The summed E-state index contributed by atoms with van der Waals surface area (Å²) in [6.07, 6.45) is 11.1. The van der Waals surface area contributed by atoms with Gasteiger partial charge >= 0.3 is 6.00 Å². The highest BCUT2D eigenvalue weighted by molar-refractivity contribution is 9.10. The predicted molar refractivity (Wildman–Crippen MR) is 109 cm³/mol. The van der Waals surface area contributed by atoms with Gasteiger partial charge in [-0.15, -0.1) is 33.2 Å². The molecule has 0 atom stereocenters. The molecule has 0 N–H and O–H groups in total. The highest BCUT2D eigenvalue weighted by atomic mass is 79.9. The Hall–Kier alpha value is 0.587. The van der Waals surface area contributed by atoms with Crippen molar-refractivity contribution in [1.29, 1.82) is 0 Å². The zero-order valence-electron chi connectivity index (χ0n) is 13.5. The molecule has 132 valence electrons. The van der Waals surface area contributed by atoms with Gasteiger partial charge in [0.2, 0.25) is 0 Å². The summed E-state index contributed by atoms with van der Waals surface area (Å²) < 4.78 is 6.79. The van der Waals surface area contributed by atoms with E-state index in [9.17, 15) is 0 Å². The fraction of sp³-hybridized carbons (Fsp3) is 0.647. The van der Waals surface area contributed by atoms with Crippen LogP contribution in [0.4, 0.5) is 0 Å². The molecule has 0 radical (unpaired) electrons. The summed E-state index contributed by atoms with van der Waals surface area (Å²) in [6, 6.07) is 6.43. The van der Waals surface area contributed by atoms with Crippen LogP contribution in [0, 0.1) is 0 Å². The van der Waals surface area contributed by atoms with Gasteiger partial charge in [0.1, 0.15) is 5.75 Å². The minimum Gasteiger partial charge on any atom is -0.494 e. The minimum absolute atomic E-state index is 0.802. The third kappa shape index (κ3) is 13.5. The van der Waals surface area contributed by atoms with Crippen molar-refractivity contribution in [3.63, 3.8) is 0 Å². The maximum absolute atomic E-state index is 5.86. The van der Waals surface area contributed by atoms with Crippen LogP contribution in [-0.4, -0.2) is 12.6 Å². The Morgan fingerprint density at radius 1 is 0.739 bits per heavy atom. The first kappa shape index (κ1) is 21.6. The largest absolute Gasteiger partial charge is 0.494 e. The normalized spacial score (nSPS) is 11.7. The molecule has 1 nitrogen and oxygen atoms in total. The van der Waals surface area contributed by atoms with Crippen LogP contribution in [0.3, 0.4) is 0 Å². The zero-order valence-corrected chi connectivity index (χ0v) is 18.4. The smallest absolute Gasteiger partial charge is 0.341 e.